The van der Waals surface area contributed by atoms with Crippen LogP contribution in [0.15, 0.2) is 0 Å². The summed E-state index contributed by atoms with van der Waals surface area (Å²) in [5.41, 5.74) is 0. The van der Waals surface area contributed by atoms with E-state index in [0.29, 0.717) is 6.04 Å². The van der Waals surface area contributed by atoms with Gasteiger partial charge in [0.15, 0.2) is 0 Å². The van der Waals surface area contributed by atoms with Gasteiger partial charge >= 0.3 is 0 Å². The number of aliphatic hydroxyl groups excluding tert-OH is 1. The van der Waals surface area contributed by atoms with Gasteiger partial charge in [-0.05, 0) is 25.2 Å². The third kappa shape index (κ3) is 6.24. The average molecular weight is 271 g/mol. The van der Waals surface area contributed by atoms with Crippen molar-refractivity contribution in [3.63, 3.8) is 0 Å². The number of rotatable bonds is 10. The van der Waals surface area contributed by atoms with Crippen LogP contribution in [-0.2, 0) is 4.74 Å². The highest BCUT2D eigenvalue weighted by Crippen LogP contribution is 2.28. The van der Waals surface area contributed by atoms with Crippen LogP contribution in [0.2, 0.25) is 0 Å². The zero-order chi connectivity index (χ0) is 14.1. The van der Waals surface area contributed by atoms with Crippen molar-refractivity contribution in [2.24, 2.45) is 5.92 Å². The maximum absolute atomic E-state index is 10.3. The van der Waals surface area contributed by atoms with Crippen molar-refractivity contribution in [2.75, 3.05) is 26.8 Å². The van der Waals surface area contributed by atoms with Crippen LogP contribution < -0.4 is 0 Å². The molecule has 3 heteroatoms. The summed E-state index contributed by atoms with van der Waals surface area (Å²) in [6, 6.07) is 0.577. The van der Waals surface area contributed by atoms with Crippen LogP contribution in [-0.4, -0.2) is 49.0 Å². The molecule has 0 bridgehead atoms. The molecular weight excluding hydrogens is 238 g/mol. The third-order valence-electron chi connectivity index (χ3n) is 4.57. The lowest BCUT2D eigenvalue weighted by molar-refractivity contribution is 0.0501. The van der Waals surface area contributed by atoms with Gasteiger partial charge in [0.05, 0.1) is 12.7 Å². The second-order valence-electron chi connectivity index (χ2n) is 6.00. The van der Waals surface area contributed by atoms with Gasteiger partial charge in [-0.2, -0.15) is 0 Å². The van der Waals surface area contributed by atoms with Crippen molar-refractivity contribution >= 4 is 0 Å². The summed E-state index contributed by atoms with van der Waals surface area (Å²) >= 11 is 0. The van der Waals surface area contributed by atoms with E-state index in [4.69, 9.17) is 4.74 Å². The predicted molar refractivity (Wildman–Crippen MR) is 80.4 cm³/mol. The zero-order valence-corrected chi connectivity index (χ0v) is 13.1. The highest BCUT2D eigenvalue weighted by molar-refractivity contribution is 4.76. The molecule has 0 heterocycles. The van der Waals surface area contributed by atoms with Crippen molar-refractivity contribution in [3.8, 4) is 0 Å². The van der Waals surface area contributed by atoms with Crippen molar-refractivity contribution in [1.82, 2.24) is 4.90 Å². The minimum absolute atomic E-state index is 0.166. The summed E-state index contributed by atoms with van der Waals surface area (Å²) in [4.78, 5) is 2.42. The molecule has 0 radical (unpaired) electrons. The Hall–Kier alpha value is -0.120. The minimum atomic E-state index is -0.166. The summed E-state index contributed by atoms with van der Waals surface area (Å²) in [5.74, 6) is 0.765. The molecule has 0 spiro atoms. The fourth-order valence-corrected chi connectivity index (χ4v) is 3.41. The largest absolute Gasteiger partial charge is 0.392 e. The van der Waals surface area contributed by atoms with Crippen LogP contribution in [0.1, 0.15) is 58.8 Å². The molecule has 1 N–H and O–H groups in total. The molecule has 0 aromatic carbocycles. The molecule has 0 aliphatic heterocycles. The summed E-state index contributed by atoms with van der Waals surface area (Å²) < 4.78 is 5.20. The topological polar surface area (TPSA) is 32.7 Å². The van der Waals surface area contributed by atoms with Gasteiger partial charge in [0, 0.05) is 26.2 Å². The van der Waals surface area contributed by atoms with Crippen molar-refractivity contribution < 1.29 is 9.84 Å². The van der Waals surface area contributed by atoms with E-state index < -0.39 is 0 Å². The molecule has 1 fully saturated rings. The number of ether oxygens (including phenoxy) is 1. The molecule has 0 amide bonds. The van der Waals surface area contributed by atoms with Gasteiger partial charge in [-0.3, -0.25) is 4.90 Å². The van der Waals surface area contributed by atoms with Gasteiger partial charge in [0.25, 0.3) is 0 Å². The van der Waals surface area contributed by atoms with E-state index >= 15 is 0 Å². The molecule has 1 aliphatic carbocycles. The fourth-order valence-electron chi connectivity index (χ4n) is 3.41. The van der Waals surface area contributed by atoms with Crippen molar-refractivity contribution in [3.05, 3.63) is 0 Å². The first-order chi connectivity index (χ1) is 9.21. The Bertz CT molecular complexity index is 213. The quantitative estimate of drug-likeness (QED) is 0.663. The standard InChI is InChI=1S/C16H33NO2/c1-4-15(5-2)17(10-11-19-3)13-16(18)12-14-8-6-7-9-14/h14-16,18H,4-13H2,1-3H3. The molecule has 1 rings (SSSR count). The molecule has 1 saturated carbocycles. The minimum Gasteiger partial charge on any atom is -0.392 e. The first-order valence-electron chi connectivity index (χ1n) is 8.12. The molecule has 1 aliphatic rings. The Morgan fingerprint density at radius 1 is 1.21 bits per heavy atom. The van der Waals surface area contributed by atoms with Gasteiger partial charge in [-0.25, -0.2) is 0 Å². The molecule has 19 heavy (non-hydrogen) atoms. The monoisotopic (exact) mass is 271 g/mol. The lowest BCUT2D eigenvalue weighted by Crippen LogP contribution is -2.42. The Morgan fingerprint density at radius 3 is 2.37 bits per heavy atom. The second kappa shape index (κ2) is 9.73. The molecule has 0 saturated heterocycles. The Labute approximate surface area is 119 Å². The van der Waals surface area contributed by atoms with E-state index in [1.165, 1.54) is 25.7 Å². The van der Waals surface area contributed by atoms with Gasteiger partial charge in [0.2, 0.25) is 0 Å². The van der Waals surface area contributed by atoms with Crippen LogP contribution >= 0.6 is 0 Å². The van der Waals surface area contributed by atoms with Crippen LogP contribution in [0.3, 0.4) is 0 Å². The number of nitrogens with zero attached hydrogens (tertiary/aromatic N) is 1. The van der Waals surface area contributed by atoms with Crippen LogP contribution in [0.4, 0.5) is 0 Å². The lowest BCUT2D eigenvalue weighted by atomic mass is 9.99. The smallest absolute Gasteiger partial charge is 0.0669 e. The normalized spacial score (nSPS) is 18.6. The van der Waals surface area contributed by atoms with Crippen LogP contribution in [0.5, 0.6) is 0 Å². The maximum Gasteiger partial charge on any atom is 0.0669 e. The van der Waals surface area contributed by atoms with Crippen molar-refractivity contribution in [1.29, 1.82) is 0 Å². The van der Waals surface area contributed by atoms with Crippen LogP contribution in [0.25, 0.3) is 0 Å². The Balaban J connectivity index is 2.39. The van der Waals surface area contributed by atoms with Gasteiger partial charge in [0.1, 0.15) is 0 Å². The first kappa shape index (κ1) is 16.9. The highest BCUT2D eigenvalue weighted by Gasteiger charge is 2.22. The third-order valence-corrected chi connectivity index (χ3v) is 4.57. The molecule has 114 valence electrons. The Kier molecular flexibility index (Phi) is 8.67. The molecule has 1 unspecified atom stereocenters. The summed E-state index contributed by atoms with van der Waals surface area (Å²) in [7, 11) is 1.75. The van der Waals surface area contributed by atoms with E-state index in [0.717, 1.165) is 44.9 Å². The van der Waals surface area contributed by atoms with E-state index in [-0.39, 0.29) is 6.10 Å². The lowest BCUT2D eigenvalue weighted by Gasteiger charge is -2.32. The van der Waals surface area contributed by atoms with Crippen LogP contribution in [0, 0.1) is 5.92 Å². The summed E-state index contributed by atoms with van der Waals surface area (Å²) in [6.45, 7) is 6.97. The van der Waals surface area contributed by atoms with Gasteiger partial charge < -0.3 is 9.84 Å². The van der Waals surface area contributed by atoms with Gasteiger partial charge in [-0.15, -0.1) is 0 Å². The van der Waals surface area contributed by atoms with E-state index in [9.17, 15) is 5.11 Å². The van der Waals surface area contributed by atoms with Gasteiger partial charge in [-0.1, -0.05) is 39.5 Å². The molecule has 0 aromatic heterocycles. The fraction of sp³-hybridized carbons (Fsp3) is 1.00. The number of methoxy groups -OCH3 is 1. The van der Waals surface area contributed by atoms with E-state index in [1.54, 1.807) is 7.11 Å². The first-order valence-corrected chi connectivity index (χ1v) is 8.12. The van der Waals surface area contributed by atoms with E-state index in [2.05, 4.69) is 18.7 Å². The zero-order valence-electron chi connectivity index (χ0n) is 13.1. The molecule has 1 atom stereocenters. The SMILES string of the molecule is CCC(CC)N(CCOC)CC(O)CC1CCCC1. The summed E-state index contributed by atoms with van der Waals surface area (Å²) in [6.07, 6.45) is 8.48. The average Bonchev–Trinajstić information content (AvgIpc) is 2.89. The predicted octanol–water partition coefficient (Wildman–Crippen LogP) is 3.06. The molecule has 0 aromatic rings. The number of hydrogen-bond donors (Lipinski definition) is 1. The molecular formula is C16H33NO2. The second-order valence-corrected chi connectivity index (χ2v) is 6.00. The Morgan fingerprint density at radius 2 is 1.84 bits per heavy atom. The maximum atomic E-state index is 10.3. The highest BCUT2D eigenvalue weighted by atomic mass is 16.5. The van der Waals surface area contributed by atoms with E-state index in [1.807, 2.05) is 0 Å². The van der Waals surface area contributed by atoms with Crippen molar-refractivity contribution in [2.45, 2.75) is 70.9 Å². The number of aliphatic hydroxyl groups is 1. The summed E-state index contributed by atoms with van der Waals surface area (Å²) in [5, 5.41) is 10.3. The number of hydrogen-bond acceptors (Lipinski definition) is 3. The molecule has 3 nitrogen and oxygen atoms in total.